The minimum Gasteiger partial charge on any atom is -0.462 e. The third kappa shape index (κ3) is 2.61. The summed E-state index contributed by atoms with van der Waals surface area (Å²) in [6, 6.07) is 10.6. The molecule has 82 valence electrons. The maximum absolute atomic E-state index is 11.4. The predicted octanol–water partition coefficient (Wildman–Crippen LogP) is 1.44. The van der Waals surface area contributed by atoms with E-state index < -0.39 is 5.97 Å². The van der Waals surface area contributed by atoms with Crippen molar-refractivity contribution in [2.24, 2.45) is 5.73 Å². The Labute approximate surface area is 93.9 Å². The standard InChI is InChI=1S/C12H12N2O2/c1-2-16-12(15)10(8-13)11(14)9-6-4-3-5-7-9/h3-7H,2,14H2,1H3/b11-10+. The Bertz CT molecular complexity index is 444. The molecule has 0 aliphatic rings. The highest BCUT2D eigenvalue weighted by Crippen LogP contribution is 2.13. The lowest BCUT2D eigenvalue weighted by atomic mass is 10.1. The molecule has 0 radical (unpaired) electrons. The van der Waals surface area contributed by atoms with Crippen LogP contribution in [0.2, 0.25) is 0 Å². The summed E-state index contributed by atoms with van der Waals surface area (Å²) in [4.78, 5) is 11.4. The number of nitrogens with two attached hydrogens (primary N) is 1. The van der Waals surface area contributed by atoms with Gasteiger partial charge in [0.25, 0.3) is 0 Å². The zero-order valence-electron chi connectivity index (χ0n) is 8.93. The fourth-order valence-electron chi connectivity index (χ4n) is 1.18. The topological polar surface area (TPSA) is 76.1 Å². The number of benzene rings is 1. The van der Waals surface area contributed by atoms with E-state index in [4.69, 9.17) is 15.7 Å². The van der Waals surface area contributed by atoms with Crippen LogP contribution in [0, 0.1) is 11.3 Å². The number of hydrogen-bond donors (Lipinski definition) is 1. The summed E-state index contributed by atoms with van der Waals surface area (Å²) < 4.78 is 4.74. The number of carbonyl (C=O) groups excluding carboxylic acids is 1. The molecule has 0 saturated carbocycles. The fraction of sp³-hybridized carbons (Fsp3) is 0.167. The van der Waals surface area contributed by atoms with E-state index in [9.17, 15) is 4.79 Å². The van der Waals surface area contributed by atoms with Crippen LogP contribution >= 0.6 is 0 Å². The third-order valence-electron chi connectivity index (χ3n) is 1.95. The van der Waals surface area contributed by atoms with Crippen LogP contribution in [-0.2, 0) is 9.53 Å². The first-order valence-electron chi connectivity index (χ1n) is 4.83. The van der Waals surface area contributed by atoms with Crippen molar-refractivity contribution in [3.63, 3.8) is 0 Å². The van der Waals surface area contributed by atoms with Gasteiger partial charge in [0.05, 0.1) is 12.3 Å². The van der Waals surface area contributed by atoms with Crippen LogP contribution in [0.3, 0.4) is 0 Å². The highest BCUT2D eigenvalue weighted by atomic mass is 16.5. The lowest BCUT2D eigenvalue weighted by Gasteiger charge is -2.05. The summed E-state index contributed by atoms with van der Waals surface area (Å²) in [5, 5.41) is 8.87. The Hall–Kier alpha value is -2.28. The van der Waals surface area contributed by atoms with Crippen LogP contribution < -0.4 is 5.73 Å². The predicted molar refractivity (Wildman–Crippen MR) is 59.8 cm³/mol. The maximum Gasteiger partial charge on any atom is 0.351 e. The largest absolute Gasteiger partial charge is 0.462 e. The van der Waals surface area contributed by atoms with Gasteiger partial charge < -0.3 is 10.5 Å². The molecule has 1 aromatic carbocycles. The normalized spacial score (nSPS) is 11.2. The molecule has 0 atom stereocenters. The number of ether oxygens (including phenoxy) is 1. The van der Waals surface area contributed by atoms with Gasteiger partial charge in [0.15, 0.2) is 5.57 Å². The molecule has 0 spiro atoms. The Kier molecular flexibility index (Phi) is 4.10. The van der Waals surface area contributed by atoms with Crippen molar-refractivity contribution in [1.82, 2.24) is 0 Å². The Balaban J connectivity index is 3.11. The molecule has 0 bridgehead atoms. The minimum absolute atomic E-state index is 0.140. The van der Waals surface area contributed by atoms with Crippen molar-refractivity contribution < 1.29 is 9.53 Å². The Morgan fingerprint density at radius 2 is 2.06 bits per heavy atom. The molecule has 0 fully saturated rings. The summed E-state index contributed by atoms with van der Waals surface area (Å²) in [6.45, 7) is 1.89. The average Bonchev–Trinajstić information content (AvgIpc) is 2.31. The fourth-order valence-corrected chi connectivity index (χ4v) is 1.18. The molecule has 0 unspecified atom stereocenters. The monoisotopic (exact) mass is 216 g/mol. The molecule has 1 aromatic rings. The van der Waals surface area contributed by atoms with E-state index in [2.05, 4.69) is 0 Å². The van der Waals surface area contributed by atoms with Gasteiger partial charge in [-0.25, -0.2) is 4.79 Å². The van der Waals surface area contributed by atoms with Crippen LogP contribution in [-0.4, -0.2) is 12.6 Å². The zero-order valence-corrected chi connectivity index (χ0v) is 8.93. The van der Waals surface area contributed by atoms with E-state index in [1.165, 1.54) is 0 Å². The van der Waals surface area contributed by atoms with Crippen molar-refractivity contribution in [3.8, 4) is 6.07 Å². The molecule has 4 nitrogen and oxygen atoms in total. The van der Waals surface area contributed by atoms with Crippen molar-refractivity contribution in [3.05, 3.63) is 41.5 Å². The van der Waals surface area contributed by atoms with Crippen molar-refractivity contribution >= 4 is 11.7 Å². The van der Waals surface area contributed by atoms with Gasteiger partial charge >= 0.3 is 5.97 Å². The molecule has 0 saturated heterocycles. The molecule has 0 aliphatic carbocycles. The summed E-state index contributed by atoms with van der Waals surface area (Å²) in [6.07, 6.45) is 0. The van der Waals surface area contributed by atoms with E-state index in [0.29, 0.717) is 5.56 Å². The second kappa shape index (κ2) is 5.56. The summed E-state index contributed by atoms with van der Waals surface area (Å²) in [7, 11) is 0. The molecular weight excluding hydrogens is 204 g/mol. The molecule has 0 aliphatic heterocycles. The van der Waals surface area contributed by atoms with Gasteiger partial charge in [0.1, 0.15) is 6.07 Å². The number of hydrogen-bond acceptors (Lipinski definition) is 4. The number of rotatable bonds is 3. The first-order chi connectivity index (χ1) is 7.70. The van der Waals surface area contributed by atoms with Gasteiger partial charge in [0, 0.05) is 0 Å². The van der Waals surface area contributed by atoms with E-state index in [0.717, 1.165) is 0 Å². The molecule has 1 rings (SSSR count). The SMILES string of the molecule is CCOC(=O)/C(C#N)=C(/N)c1ccccc1. The molecule has 0 amide bonds. The number of nitrogens with zero attached hydrogens (tertiary/aromatic N) is 1. The molecular formula is C12H12N2O2. The number of nitriles is 1. The van der Waals surface area contributed by atoms with Crippen LogP contribution in [0.25, 0.3) is 5.70 Å². The lowest BCUT2D eigenvalue weighted by Crippen LogP contribution is -2.12. The second-order valence-electron chi connectivity index (χ2n) is 2.99. The smallest absolute Gasteiger partial charge is 0.351 e. The minimum atomic E-state index is -0.689. The summed E-state index contributed by atoms with van der Waals surface area (Å²) >= 11 is 0. The van der Waals surface area contributed by atoms with Crippen LogP contribution in [0.5, 0.6) is 0 Å². The van der Waals surface area contributed by atoms with Gasteiger partial charge in [-0.05, 0) is 12.5 Å². The van der Waals surface area contributed by atoms with E-state index in [1.54, 1.807) is 37.3 Å². The highest BCUT2D eigenvalue weighted by Gasteiger charge is 2.15. The Morgan fingerprint density at radius 3 is 2.56 bits per heavy atom. The van der Waals surface area contributed by atoms with Crippen LogP contribution in [0.1, 0.15) is 12.5 Å². The molecule has 16 heavy (non-hydrogen) atoms. The first kappa shape index (κ1) is 11.8. The highest BCUT2D eigenvalue weighted by molar-refractivity contribution is 6.00. The van der Waals surface area contributed by atoms with Gasteiger partial charge in [-0.15, -0.1) is 0 Å². The lowest BCUT2D eigenvalue weighted by molar-refractivity contribution is -0.137. The summed E-state index contributed by atoms with van der Waals surface area (Å²) in [5.74, 6) is -0.689. The second-order valence-corrected chi connectivity index (χ2v) is 2.99. The first-order valence-corrected chi connectivity index (χ1v) is 4.83. The maximum atomic E-state index is 11.4. The molecule has 2 N–H and O–H groups in total. The quantitative estimate of drug-likeness (QED) is 0.471. The Morgan fingerprint density at radius 1 is 1.44 bits per heavy atom. The zero-order chi connectivity index (χ0) is 12.0. The van der Waals surface area contributed by atoms with Gasteiger partial charge in [-0.2, -0.15) is 5.26 Å². The van der Waals surface area contributed by atoms with Gasteiger partial charge in [-0.1, -0.05) is 30.3 Å². The van der Waals surface area contributed by atoms with E-state index in [1.807, 2.05) is 6.07 Å². The van der Waals surface area contributed by atoms with E-state index in [-0.39, 0.29) is 17.9 Å². The van der Waals surface area contributed by atoms with Crippen LogP contribution in [0.15, 0.2) is 35.9 Å². The number of esters is 1. The van der Waals surface area contributed by atoms with Crippen molar-refractivity contribution in [1.29, 1.82) is 5.26 Å². The van der Waals surface area contributed by atoms with Gasteiger partial charge in [-0.3, -0.25) is 0 Å². The molecule has 0 aromatic heterocycles. The van der Waals surface area contributed by atoms with Crippen molar-refractivity contribution in [2.75, 3.05) is 6.61 Å². The van der Waals surface area contributed by atoms with Crippen LogP contribution in [0.4, 0.5) is 0 Å². The molecule has 4 heteroatoms. The molecule has 0 heterocycles. The van der Waals surface area contributed by atoms with E-state index >= 15 is 0 Å². The van der Waals surface area contributed by atoms with Gasteiger partial charge in [0.2, 0.25) is 0 Å². The average molecular weight is 216 g/mol. The van der Waals surface area contributed by atoms with Crippen molar-refractivity contribution in [2.45, 2.75) is 6.92 Å². The third-order valence-corrected chi connectivity index (χ3v) is 1.95. The summed E-state index contributed by atoms with van der Waals surface area (Å²) in [5.41, 5.74) is 6.35. The number of carbonyl (C=O) groups is 1.